The summed E-state index contributed by atoms with van der Waals surface area (Å²) in [5.41, 5.74) is 0.546. The van der Waals surface area contributed by atoms with Crippen LogP contribution in [-0.4, -0.2) is 43.7 Å². The normalized spacial score (nSPS) is 16.9. The Bertz CT molecular complexity index is 1240. The third kappa shape index (κ3) is 5.04. The second kappa shape index (κ2) is 9.43. The van der Waals surface area contributed by atoms with E-state index in [-0.39, 0.29) is 4.90 Å². The molecule has 1 aliphatic rings. The smallest absolute Gasteiger partial charge is 0.324 e. The van der Waals surface area contributed by atoms with Crippen LogP contribution in [0.1, 0.15) is 30.9 Å². The molecule has 0 saturated carbocycles. The number of benzene rings is 1. The Labute approximate surface area is 189 Å². The molecule has 3 heterocycles. The molecule has 1 amide bonds. The summed E-state index contributed by atoms with van der Waals surface area (Å²) in [6, 6.07) is 12.7. The number of carbonyl (C=O) groups is 2. The van der Waals surface area contributed by atoms with E-state index in [1.807, 2.05) is 0 Å². The molecule has 33 heavy (non-hydrogen) atoms. The van der Waals surface area contributed by atoms with Gasteiger partial charge in [-0.05, 0) is 43.3 Å². The Morgan fingerprint density at radius 2 is 1.85 bits per heavy atom. The van der Waals surface area contributed by atoms with Crippen molar-refractivity contribution in [3.8, 4) is 0 Å². The average Bonchev–Trinajstić information content (AvgIpc) is 3.58. The summed E-state index contributed by atoms with van der Waals surface area (Å²) in [6.45, 7) is 0.713. The number of rotatable bonds is 8. The van der Waals surface area contributed by atoms with Gasteiger partial charge in [0.1, 0.15) is 29.3 Å². The number of nitrogens with zero attached hydrogens (tertiary/aromatic N) is 2. The molecular formula is C22H21N3O7S. The lowest BCUT2D eigenvalue weighted by Crippen LogP contribution is -2.41. The summed E-state index contributed by atoms with van der Waals surface area (Å²) in [5, 5.41) is 5.52. The monoisotopic (exact) mass is 471 g/mol. The topological polar surface area (TPSA) is 131 Å². The summed E-state index contributed by atoms with van der Waals surface area (Å²) in [7, 11) is -3.92. The highest BCUT2D eigenvalue weighted by atomic mass is 32.2. The summed E-state index contributed by atoms with van der Waals surface area (Å²) < 4.78 is 42.9. The average molecular weight is 471 g/mol. The molecule has 4 rings (SSSR count). The van der Waals surface area contributed by atoms with Crippen molar-refractivity contribution in [2.45, 2.75) is 30.3 Å². The van der Waals surface area contributed by atoms with E-state index in [0.29, 0.717) is 23.7 Å². The largest absolute Gasteiger partial charge is 0.467 e. The molecule has 3 aromatic rings. The predicted molar refractivity (Wildman–Crippen MR) is 115 cm³/mol. The van der Waals surface area contributed by atoms with Crippen molar-refractivity contribution < 1.29 is 31.6 Å². The standard InChI is InChI=1S/C22H21N3O7S/c1-15(24-33(28,29)16-7-3-2-4-8-16)22(27)32-14-21(26)25-18(20-10-6-12-31-20)13-17(23-25)19-9-5-11-30-19/h2-12,15,18,24H,13-14H2,1H3/t15-,18?/m0/s1. The van der Waals surface area contributed by atoms with Crippen LogP contribution in [0.2, 0.25) is 0 Å². The number of amides is 1. The highest BCUT2D eigenvalue weighted by molar-refractivity contribution is 7.89. The van der Waals surface area contributed by atoms with E-state index in [1.54, 1.807) is 42.5 Å². The molecule has 0 bridgehead atoms. The lowest BCUT2D eigenvalue weighted by Gasteiger charge is -2.20. The van der Waals surface area contributed by atoms with Crippen molar-refractivity contribution in [1.29, 1.82) is 0 Å². The maximum Gasteiger partial charge on any atom is 0.324 e. The number of hydrogen-bond donors (Lipinski definition) is 1. The Morgan fingerprint density at radius 3 is 2.52 bits per heavy atom. The fourth-order valence-corrected chi connectivity index (χ4v) is 4.52. The molecule has 0 spiro atoms. The van der Waals surface area contributed by atoms with Gasteiger partial charge in [0.05, 0.1) is 17.4 Å². The first-order chi connectivity index (χ1) is 15.8. The highest BCUT2D eigenvalue weighted by Crippen LogP contribution is 2.33. The van der Waals surface area contributed by atoms with Crippen LogP contribution in [0.5, 0.6) is 0 Å². The Hall–Kier alpha value is -3.70. The number of ether oxygens (including phenoxy) is 1. The summed E-state index contributed by atoms with van der Waals surface area (Å²) in [5.74, 6) is -0.456. The van der Waals surface area contributed by atoms with Gasteiger partial charge >= 0.3 is 5.97 Å². The van der Waals surface area contributed by atoms with Crippen LogP contribution >= 0.6 is 0 Å². The zero-order chi connectivity index (χ0) is 23.4. The minimum Gasteiger partial charge on any atom is -0.467 e. The number of carbonyl (C=O) groups excluding carboxylic acids is 2. The quantitative estimate of drug-likeness (QED) is 0.499. The lowest BCUT2D eigenvalue weighted by atomic mass is 10.1. The number of hydrazone groups is 1. The Balaban J connectivity index is 1.40. The number of nitrogens with one attached hydrogen (secondary N) is 1. The SMILES string of the molecule is C[C@H](NS(=O)(=O)c1ccccc1)C(=O)OCC(=O)N1N=C(c2ccco2)CC1c1ccco1. The molecule has 1 N–H and O–H groups in total. The maximum absolute atomic E-state index is 12.8. The number of sulfonamides is 1. The van der Waals surface area contributed by atoms with Gasteiger partial charge in [-0.1, -0.05) is 18.2 Å². The number of furan rings is 2. The molecule has 2 atom stereocenters. The molecule has 0 aliphatic carbocycles. The van der Waals surface area contributed by atoms with Gasteiger partial charge in [-0.3, -0.25) is 9.59 Å². The number of esters is 1. The van der Waals surface area contributed by atoms with Gasteiger partial charge in [-0.15, -0.1) is 0 Å². The molecule has 1 aliphatic heterocycles. The molecule has 0 radical (unpaired) electrons. The van der Waals surface area contributed by atoms with E-state index in [0.717, 1.165) is 0 Å². The first kappa shape index (κ1) is 22.5. The van der Waals surface area contributed by atoms with Gasteiger partial charge in [-0.2, -0.15) is 9.82 Å². The molecule has 0 fully saturated rings. The Morgan fingerprint density at radius 1 is 1.12 bits per heavy atom. The van der Waals surface area contributed by atoms with Gasteiger partial charge in [0.25, 0.3) is 5.91 Å². The number of hydrogen-bond acceptors (Lipinski definition) is 8. The van der Waals surface area contributed by atoms with Crippen molar-refractivity contribution >= 4 is 27.6 Å². The van der Waals surface area contributed by atoms with Crippen LogP contribution in [0.3, 0.4) is 0 Å². The van der Waals surface area contributed by atoms with Gasteiger partial charge in [0.2, 0.25) is 10.0 Å². The van der Waals surface area contributed by atoms with Gasteiger partial charge in [0, 0.05) is 6.42 Å². The fraction of sp³-hybridized carbons (Fsp3) is 0.227. The van der Waals surface area contributed by atoms with Crippen LogP contribution in [0.25, 0.3) is 0 Å². The first-order valence-corrected chi connectivity index (χ1v) is 11.5. The molecule has 2 aromatic heterocycles. The van der Waals surface area contributed by atoms with Crippen LogP contribution < -0.4 is 4.72 Å². The van der Waals surface area contributed by atoms with E-state index in [4.69, 9.17) is 13.6 Å². The van der Waals surface area contributed by atoms with E-state index in [2.05, 4.69) is 9.82 Å². The van der Waals surface area contributed by atoms with E-state index in [9.17, 15) is 18.0 Å². The van der Waals surface area contributed by atoms with Crippen LogP contribution in [0.15, 0.2) is 86.0 Å². The Kier molecular flexibility index (Phi) is 6.43. The third-order valence-corrected chi connectivity index (χ3v) is 6.48. The molecule has 0 saturated heterocycles. The molecule has 1 unspecified atom stereocenters. The molecule has 172 valence electrons. The fourth-order valence-electron chi connectivity index (χ4n) is 3.31. The second-order valence-electron chi connectivity index (χ2n) is 7.26. The maximum atomic E-state index is 12.8. The van der Waals surface area contributed by atoms with Crippen LogP contribution in [0.4, 0.5) is 0 Å². The zero-order valence-electron chi connectivity index (χ0n) is 17.6. The lowest BCUT2D eigenvalue weighted by molar-refractivity contribution is -0.154. The molecule has 11 heteroatoms. The summed E-state index contributed by atoms with van der Waals surface area (Å²) in [6.07, 6.45) is 3.35. The van der Waals surface area contributed by atoms with E-state index < -0.39 is 40.6 Å². The van der Waals surface area contributed by atoms with Crippen LogP contribution in [-0.2, 0) is 24.3 Å². The summed E-state index contributed by atoms with van der Waals surface area (Å²) in [4.78, 5) is 25.2. The summed E-state index contributed by atoms with van der Waals surface area (Å²) >= 11 is 0. The van der Waals surface area contributed by atoms with E-state index >= 15 is 0 Å². The highest BCUT2D eigenvalue weighted by Gasteiger charge is 2.36. The van der Waals surface area contributed by atoms with Crippen molar-refractivity contribution in [2.75, 3.05) is 6.61 Å². The van der Waals surface area contributed by atoms with Gasteiger partial charge < -0.3 is 13.6 Å². The van der Waals surface area contributed by atoms with Crippen LogP contribution in [0, 0.1) is 0 Å². The molecule has 1 aromatic carbocycles. The molecule has 10 nitrogen and oxygen atoms in total. The predicted octanol–water partition coefficient (Wildman–Crippen LogP) is 2.46. The van der Waals surface area contributed by atoms with Gasteiger partial charge in [-0.25, -0.2) is 13.4 Å². The minimum absolute atomic E-state index is 0.0128. The zero-order valence-corrected chi connectivity index (χ0v) is 18.4. The minimum atomic E-state index is -3.92. The van der Waals surface area contributed by atoms with E-state index in [1.165, 1.54) is 36.6 Å². The van der Waals surface area contributed by atoms with Crippen molar-refractivity contribution in [2.24, 2.45) is 5.10 Å². The second-order valence-corrected chi connectivity index (χ2v) is 8.98. The van der Waals surface area contributed by atoms with Crippen molar-refractivity contribution in [1.82, 2.24) is 9.73 Å². The third-order valence-electron chi connectivity index (χ3n) is 4.92. The first-order valence-electron chi connectivity index (χ1n) is 10.1. The van der Waals surface area contributed by atoms with Gasteiger partial charge in [0.15, 0.2) is 6.61 Å². The molecular weight excluding hydrogens is 450 g/mol. The van der Waals surface area contributed by atoms with Crippen molar-refractivity contribution in [3.05, 3.63) is 78.6 Å². The van der Waals surface area contributed by atoms with Crippen molar-refractivity contribution in [3.63, 3.8) is 0 Å².